The van der Waals surface area contributed by atoms with Crippen molar-refractivity contribution in [2.75, 3.05) is 12.4 Å². The van der Waals surface area contributed by atoms with E-state index >= 15 is 0 Å². The summed E-state index contributed by atoms with van der Waals surface area (Å²) in [4.78, 5) is 8.53. The Labute approximate surface area is 94.5 Å². The van der Waals surface area contributed by atoms with Crippen molar-refractivity contribution in [3.8, 4) is 0 Å². The van der Waals surface area contributed by atoms with Crippen LogP contribution in [-0.4, -0.2) is 26.8 Å². The van der Waals surface area contributed by atoms with Gasteiger partial charge in [0.1, 0.15) is 17.5 Å². The van der Waals surface area contributed by atoms with Crippen molar-refractivity contribution in [2.45, 2.75) is 20.4 Å². The van der Waals surface area contributed by atoms with Crippen molar-refractivity contribution < 1.29 is 0 Å². The van der Waals surface area contributed by atoms with E-state index < -0.39 is 0 Å². The topological polar surface area (TPSA) is 55.6 Å². The number of rotatable bonds is 3. The van der Waals surface area contributed by atoms with Crippen LogP contribution >= 0.6 is 0 Å². The second-order valence-corrected chi connectivity index (χ2v) is 3.63. The minimum absolute atomic E-state index is 0.691. The summed E-state index contributed by atoms with van der Waals surface area (Å²) in [7, 11) is 1.87. The highest BCUT2D eigenvalue weighted by Gasteiger charge is 2.06. The molecule has 2 rings (SSSR count). The molecule has 16 heavy (non-hydrogen) atoms. The quantitative estimate of drug-likeness (QED) is 0.844. The van der Waals surface area contributed by atoms with E-state index in [0.717, 1.165) is 23.0 Å². The number of aryl methyl sites for hydroxylation is 2. The van der Waals surface area contributed by atoms with E-state index in [-0.39, 0.29) is 0 Å². The molecule has 0 unspecified atom stereocenters. The Morgan fingerprint density at radius 2 is 2.19 bits per heavy atom. The Kier molecular flexibility index (Phi) is 2.85. The molecule has 5 heteroatoms. The number of hydrogen-bond donors (Lipinski definition) is 1. The third kappa shape index (κ3) is 2.03. The van der Waals surface area contributed by atoms with Crippen LogP contribution in [0.25, 0.3) is 0 Å². The molecule has 0 aliphatic carbocycles. The van der Waals surface area contributed by atoms with Crippen LogP contribution < -0.4 is 5.32 Å². The molecule has 2 heterocycles. The molecule has 0 bridgehead atoms. The van der Waals surface area contributed by atoms with Crippen LogP contribution in [0.5, 0.6) is 0 Å². The maximum absolute atomic E-state index is 4.33. The molecule has 5 nitrogen and oxygen atoms in total. The first-order valence-corrected chi connectivity index (χ1v) is 5.20. The maximum atomic E-state index is 4.33. The summed E-state index contributed by atoms with van der Waals surface area (Å²) in [5.41, 5.74) is 1.11. The largest absolute Gasteiger partial charge is 0.373 e. The van der Waals surface area contributed by atoms with Gasteiger partial charge in [0, 0.05) is 18.8 Å². The lowest BCUT2D eigenvalue weighted by Crippen LogP contribution is -2.07. The molecule has 0 saturated carbocycles. The zero-order valence-corrected chi connectivity index (χ0v) is 9.73. The van der Waals surface area contributed by atoms with Crippen LogP contribution in [0.4, 0.5) is 5.82 Å². The zero-order valence-electron chi connectivity index (χ0n) is 9.73. The monoisotopic (exact) mass is 217 g/mol. The lowest BCUT2D eigenvalue weighted by Gasteiger charge is -2.08. The Hall–Kier alpha value is -1.91. The fraction of sp³-hybridized carbons (Fsp3) is 0.364. The first kappa shape index (κ1) is 10.6. The highest BCUT2D eigenvalue weighted by atomic mass is 15.3. The number of hydrogen-bond acceptors (Lipinski definition) is 4. The van der Waals surface area contributed by atoms with Gasteiger partial charge >= 0.3 is 0 Å². The number of anilines is 1. The van der Waals surface area contributed by atoms with Crippen molar-refractivity contribution in [3.63, 3.8) is 0 Å². The van der Waals surface area contributed by atoms with Crippen LogP contribution in [-0.2, 0) is 6.54 Å². The SMILES string of the molecule is CNc1ncccc1Cn1nc(C)nc1C. The molecule has 0 amide bonds. The Morgan fingerprint density at radius 1 is 1.38 bits per heavy atom. The summed E-state index contributed by atoms with van der Waals surface area (Å²) in [5.74, 6) is 2.60. The first-order chi connectivity index (χ1) is 7.70. The molecule has 2 aromatic rings. The van der Waals surface area contributed by atoms with Crippen molar-refractivity contribution in [1.29, 1.82) is 0 Å². The van der Waals surface area contributed by atoms with E-state index in [4.69, 9.17) is 0 Å². The molecule has 0 aliphatic rings. The highest BCUT2D eigenvalue weighted by molar-refractivity contribution is 5.42. The molecule has 0 saturated heterocycles. The molecule has 0 spiro atoms. The lowest BCUT2D eigenvalue weighted by molar-refractivity contribution is 0.655. The average Bonchev–Trinajstić information content (AvgIpc) is 2.58. The van der Waals surface area contributed by atoms with Gasteiger partial charge < -0.3 is 5.32 Å². The number of nitrogens with one attached hydrogen (secondary N) is 1. The Balaban J connectivity index is 2.30. The van der Waals surface area contributed by atoms with Crippen molar-refractivity contribution in [2.24, 2.45) is 0 Å². The van der Waals surface area contributed by atoms with Gasteiger partial charge in [0.05, 0.1) is 6.54 Å². The van der Waals surface area contributed by atoms with Gasteiger partial charge in [-0.15, -0.1) is 0 Å². The summed E-state index contributed by atoms with van der Waals surface area (Å²) >= 11 is 0. The predicted molar refractivity (Wildman–Crippen MR) is 62.4 cm³/mol. The molecule has 0 atom stereocenters. The van der Waals surface area contributed by atoms with Crippen LogP contribution in [0.2, 0.25) is 0 Å². The number of pyridine rings is 1. The van der Waals surface area contributed by atoms with Gasteiger partial charge in [-0.05, 0) is 19.9 Å². The van der Waals surface area contributed by atoms with E-state index in [1.165, 1.54) is 0 Å². The summed E-state index contributed by atoms with van der Waals surface area (Å²) in [6.45, 7) is 4.54. The van der Waals surface area contributed by atoms with E-state index in [0.29, 0.717) is 6.54 Å². The van der Waals surface area contributed by atoms with Crippen LogP contribution in [0.1, 0.15) is 17.2 Å². The normalized spacial score (nSPS) is 10.4. The standard InChI is InChI=1S/C11H15N5/c1-8-14-9(2)16(15-8)7-10-5-4-6-13-11(10)12-3/h4-6H,7H2,1-3H3,(H,12,13). The fourth-order valence-corrected chi connectivity index (χ4v) is 1.66. The smallest absolute Gasteiger partial charge is 0.147 e. The molecule has 1 N–H and O–H groups in total. The molecule has 2 aromatic heterocycles. The molecule has 0 aromatic carbocycles. The second-order valence-electron chi connectivity index (χ2n) is 3.63. The third-order valence-corrected chi connectivity index (χ3v) is 2.41. The molecule has 0 aliphatic heterocycles. The number of nitrogens with zero attached hydrogens (tertiary/aromatic N) is 4. The first-order valence-electron chi connectivity index (χ1n) is 5.20. The van der Waals surface area contributed by atoms with Crippen molar-refractivity contribution in [3.05, 3.63) is 35.5 Å². The van der Waals surface area contributed by atoms with Crippen LogP contribution in [0.15, 0.2) is 18.3 Å². The van der Waals surface area contributed by atoms with Gasteiger partial charge in [-0.25, -0.2) is 14.6 Å². The maximum Gasteiger partial charge on any atom is 0.147 e. The Morgan fingerprint density at radius 3 is 2.81 bits per heavy atom. The van der Waals surface area contributed by atoms with Gasteiger partial charge in [0.25, 0.3) is 0 Å². The van der Waals surface area contributed by atoms with Gasteiger partial charge in [-0.3, -0.25) is 0 Å². The zero-order chi connectivity index (χ0) is 11.5. The minimum Gasteiger partial charge on any atom is -0.373 e. The predicted octanol–water partition coefficient (Wildman–Crippen LogP) is 1.38. The van der Waals surface area contributed by atoms with E-state index in [9.17, 15) is 0 Å². The van der Waals surface area contributed by atoms with E-state index in [1.807, 2.05) is 37.7 Å². The summed E-state index contributed by atoms with van der Waals surface area (Å²) in [6, 6.07) is 3.96. The fourth-order valence-electron chi connectivity index (χ4n) is 1.66. The van der Waals surface area contributed by atoms with Gasteiger partial charge in [-0.1, -0.05) is 6.07 Å². The van der Waals surface area contributed by atoms with E-state index in [2.05, 4.69) is 20.4 Å². The second kappa shape index (κ2) is 4.30. The molecular weight excluding hydrogens is 202 g/mol. The van der Waals surface area contributed by atoms with Crippen LogP contribution in [0, 0.1) is 13.8 Å². The molecule has 84 valence electrons. The Bertz CT molecular complexity index is 489. The number of aromatic nitrogens is 4. The van der Waals surface area contributed by atoms with Crippen LogP contribution in [0.3, 0.4) is 0 Å². The van der Waals surface area contributed by atoms with Gasteiger partial charge in [-0.2, -0.15) is 5.10 Å². The van der Waals surface area contributed by atoms with Crippen molar-refractivity contribution in [1.82, 2.24) is 19.7 Å². The molecular formula is C11H15N5. The molecule has 0 fully saturated rings. The summed E-state index contributed by atoms with van der Waals surface area (Å²) in [6.07, 6.45) is 1.77. The van der Waals surface area contributed by atoms with Gasteiger partial charge in [0.2, 0.25) is 0 Å². The minimum atomic E-state index is 0.691. The van der Waals surface area contributed by atoms with E-state index in [1.54, 1.807) is 6.20 Å². The highest BCUT2D eigenvalue weighted by Crippen LogP contribution is 2.12. The average molecular weight is 217 g/mol. The lowest BCUT2D eigenvalue weighted by atomic mass is 10.2. The summed E-state index contributed by atoms with van der Waals surface area (Å²) in [5, 5.41) is 7.40. The molecule has 0 radical (unpaired) electrons. The van der Waals surface area contributed by atoms with Gasteiger partial charge in [0.15, 0.2) is 0 Å². The summed E-state index contributed by atoms with van der Waals surface area (Å²) < 4.78 is 1.88. The third-order valence-electron chi connectivity index (χ3n) is 2.41. The van der Waals surface area contributed by atoms with Crippen molar-refractivity contribution >= 4 is 5.82 Å².